The van der Waals surface area contributed by atoms with Crippen LogP contribution in [0.1, 0.15) is 23.2 Å². The van der Waals surface area contributed by atoms with Crippen molar-refractivity contribution in [2.75, 3.05) is 12.3 Å². The highest BCUT2D eigenvalue weighted by molar-refractivity contribution is 6.36. The van der Waals surface area contributed by atoms with Gasteiger partial charge in [0.2, 0.25) is 0 Å². The zero-order valence-corrected chi connectivity index (χ0v) is 9.42. The molecule has 86 valence electrons. The number of hydrogen-bond donors (Lipinski definition) is 3. The molecule has 1 aromatic rings. The van der Waals surface area contributed by atoms with E-state index in [1.165, 1.54) is 0 Å². The number of rotatable bonds is 3. The minimum absolute atomic E-state index is 0.0430. The number of carbonyl (C=O) groups excluding carboxylic acids is 1. The standard InChI is InChI=1S/C11H13ClN2O2/c12-9-7(2-1-3-8(9)13)10(16)14-11(6-15)4-5-11/h1-3,15H,4-6,13H2,(H,14,16). The zero-order chi connectivity index (χ0) is 11.8. The largest absolute Gasteiger partial charge is 0.398 e. The van der Waals surface area contributed by atoms with Crippen LogP contribution in [-0.2, 0) is 0 Å². The van der Waals surface area contributed by atoms with Gasteiger partial charge in [0.1, 0.15) is 0 Å². The van der Waals surface area contributed by atoms with Crippen LogP contribution < -0.4 is 11.1 Å². The van der Waals surface area contributed by atoms with Gasteiger partial charge in [-0.3, -0.25) is 4.79 Å². The van der Waals surface area contributed by atoms with Crippen LogP contribution in [0.4, 0.5) is 5.69 Å². The molecule has 1 amide bonds. The van der Waals surface area contributed by atoms with Gasteiger partial charge in [-0.15, -0.1) is 0 Å². The first-order valence-electron chi connectivity index (χ1n) is 5.05. The summed E-state index contributed by atoms with van der Waals surface area (Å²) in [4.78, 5) is 11.9. The number of benzene rings is 1. The SMILES string of the molecule is Nc1cccc(C(=O)NC2(CO)CC2)c1Cl. The van der Waals surface area contributed by atoms with E-state index in [2.05, 4.69) is 5.32 Å². The van der Waals surface area contributed by atoms with Crippen LogP contribution in [0.2, 0.25) is 5.02 Å². The third-order valence-corrected chi connectivity index (χ3v) is 3.23. The Kier molecular flexibility index (Phi) is 2.78. The number of halogens is 1. The summed E-state index contributed by atoms with van der Waals surface area (Å²) in [5, 5.41) is 12.1. The summed E-state index contributed by atoms with van der Waals surface area (Å²) >= 11 is 5.93. The van der Waals surface area contributed by atoms with Crippen molar-refractivity contribution in [1.82, 2.24) is 5.32 Å². The van der Waals surface area contributed by atoms with Crippen LogP contribution in [0.5, 0.6) is 0 Å². The van der Waals surface area contributed by atoms with Crippen molar-refractivity contribution in [3.8, 4) is 0 Å². The Morgan fingerprint density at radius 2 is 2.25 bits per heavy atom. The maximum absolute atomic E-state index is 11.9. The summed E-state index contributed by atoms with van der Waals surface area (Å²) < 4.78 is 0. The van der Waals surface area contributed by atoms with E-state index in [0.29, 0.717) is 11.3 Å². The predicted octanol–water partition coefficient (Wildman–Crippen LogP) is 1.18. The molecule has 0 saturated heterocycles. The summed E-state index contributed by atoms with van der Waals surface area (Å²) in [6.07, 6.45) is 1.60. The van der Waals surface area contributed by atoms with E-state index in [1.807, 2.05) is 0 Å². The highest BCUT2D eigenvalue weighted by Crippen LogP contribution is 2.35. The fraction of sp³-hybridized carbons (Fsp3) is 0.364. The van der Waals surface area contributed by atoms with Gasteiger partial charge in [-0.05, 0) is 25.0 Å². The number of carbonyl (C=O) groups is 1. The second-order valence-corrected chi connectivity index (χ2v) is 4.48. The molecule has 4 N–H and O–H groups in total. The lowest BCUT2D eigenvalue weighted by Gasteiger charge is -2.15. The van der Waals surface area contributed by atoms with Crippen LogP contribution in [0, 0.1) is 0 Å². The highest BCUT2D eigenvalue weighted by Gasteiger charge is 2.43. The maximum atomic E-state index is 11.9. The molecule has 0 atom stereocenters. The summed E-state index contributed by atoms with van der Waals surface area (Å²) in [6, 6.07) is 4.92. The van der Waals surface area contributed by atoms with Crippen molar-refractivity contribution in [1.29, 1.82) is 0 Å². The number of aliphatic hydroxyl groups excluding tert-OH is 1. The number of anilines is 1. The lowest BCUT2D eigenvalue weighted by Crippen LogP contribution is -2.39. The zero-order valence-electron chi connectivity index (χ0n) is 8.66. The van der Waals surface area contributed by atoms with Gasteiger partial charge >= 0.3 is 0 Å². The molecule has 16 heavy (non-hydrogen) atoms. The first-order valence-corrected chi connectivity index (χ1v) is 5.43. The highest BCUT2D eigenvalue weighted by atomic mass is 35.5. The monoisotopic (exact) mass is 240 g/mol. The van der Waals surface area contributed by atoms with E-state index in [0.717, 1.165) is 12.8 Å². The van der Waals surface area contributed by atoms with Crippen molar-refractivity contribution in [2.24, 2.45) is 0 Å². The van der Waals surface area contributed by atoms with Gasteiger partial charge in [-0.1, -0.05) is 17.7 Å². The number of nitrogens with two attached hydrogens (primary N) is 1. The molecule has 0 heterocycles. The van der Waals surface area contributed by atoms with Gasteiger partial charge in [0, 0.05) is 0 Å². The smallest absolute Gasteiger partial charge is 0.253 e. The van der Waals surface area contributed by atoms with Crippen molar-refractivity contribution in [3.63, 3.8) is 0 Å². The first kappa shape index (κ1) is 11.2. The number of aliphatic hydroxyl groups is 1. The molecule has 1 aromatic carbocycles. The van der Waals surface area contributed by atoms with E-state index < -0.39 is 5.54 Å². The molecule has 0 spiro atoms. The summed E-state index contributed by atoms with van der Waals surface area (Å²) in [6.45, 7) is -0.0430. The molecule has 2 rings (SSSR count). The molecule has 1 saturated carbocycles. The Hall–Kier alpha value is -1.26. The van der Waals surface area contributed by atoms with Crippen LogP contribution in [-0.4, -0.2) is 23.2 Å². The average molecular weight is 241 g/mol. The number of nitrogens with one attached hydrogen (secondary N) is 1. The Morgan fingerprint density at radius 3 is 2.81 bits per heavy atom. The third-order valence-electron chi connectivity index (χ3n) is 2.81. The second-order valence-electron chi connectivity index (χ2n) is 4.10. The maximum Gasteiger partial charge on any atom is 0.253 e. The summed E-state index contributed by atoms with van der Waals surface area (Å²) in [7, 11) is 0. The van der Waals surface area contributed by atoms with Gasteiger partial charge in [0.15, 0.2) is 0 Å². The van der Waals surface area contributed by atoms with Crippen LogP contribution in [0.3, 0.4) is 0 Å². The van der Waals surface area contributed by atoms with Crippen molar-refractivity contribution >= 4 is 23.2 Å². The first-order chi connectivity index (χ1) is 7.58. The number of hydrogen-bond acceptors (Lipinski definition) is 3. The van der Waals surface area contributed by atoms with Crippen molar-refractivity contribution in [2.45, 2.75) is 18.4 Å². The molecule has 0 radical (unpaired) electrons. The Bertz CT molecular complexity index is 430. The lowest BCUT2D eigenvalue weighted by molar-refractivity contribution is 0.0907. The molecular formula is C11H13ClN2O2. The predicted molar refractivity (Wildman–Crippen MR) is 62.4 cm³/mol. The van der Waals surface area contributed by atoms with Gasteiger partial charge in [-0.25, -0.2) is 0 Å². The van der Waals surface area contributed by atoms with Crippen LogP contribution >= 0.6 is 11.6 Å². The third kappa shape index (κ3) is 1.99. The molecule has 5 heteroatoms. The average Bonchev–Trinajstić information content (AvgIpc) is 3.02. The van der Waals surface area contributed by atoms with Crippen molar-refractivity contribution in [3.05, 3.63) is 28.8 Å². The van der Waals surface area contributed by atoms with Gasteiger partial charge in [0.25, 0.3) is 5.91 Å². The Labute approximate surface area is 98.4 Å². The molecule has 1 aliphatic rings. The normalized spacial score (nSPS) is 16.9. The molecule has 0 aromatic heterocycles. The Balaban J connectivity index is 2.18. The molecule has 0 aliphatic heterocycles. The topological polar surface area (TPSA) is 75.4 Å². The molecule has 4 nitrogen and oxygen atoms in total. The quantitative estimate of drug-likeness (QED) is 0.695. The minimum atomic E-state index is -0.439. The number of nitrogen functional groups attached to an aromatic ring is 1. The van der Waals surface area contributed by atoms with Crippen molar-refractivity contribution < 1.29 is 9.90 Å². The fourth-order valence-electron chi connectivity index (χ4n) is 1.51. The molecule has 1 aliphatic carbocycles. The van der Waals surface area contributed by atoms with E-state index in [1.54, 1.807) is 18.2 Å². The fourth-order valence-corrected chi connectivity index (χ4v) is 1.72. The molecular weight excluding hydrogens is 228 g/mol. The van der Waals surface area contributed by atoms with Gasteiger partial charge < -0.3 is 16.2 Å². The molecule has 0 bridgehead atoms. The van der Waals surface area contributed by atoms with Crippen LogP contribution in [0.15, 0.2) is 18.2 Å². The molecule has 0 unspecified atom stereocenters. The summed E-state index contributed by atoms with van der Waals surface area (Å²) in [5.74, 6) is -0.288. The van der Waals surface area contributed by atoms with E-state index in [4.69, 9.17) is 22.4 Å². The lowest BCUT2D eigenvalue weighted by atomic mass is 10.1. The van der Waals surface area contributed by atoms with Gasteiger partial charge in [0.05, 0.1) is 28.4 Å². The van der Waals surface area contributed by atoms with E-state index in [-0.39, 0.29) is 17.5 Å². The van der Waals surface area contributed by atoms with Gasteiger partial charge in [-0.2, -0.15) is 0 Å². The Morgan fingerprint density at radius 1 is 1.56 bits per heavy atom. The number of amides is 1. The van der Waals surface area contributed by atoms with E-state index >= 15 is 0 Å². The summed E-state index contributed by atoms with van der Waals surface area (Å²) in [5.41, 5.74) is 5.90. The van der Waals surface area contributed by atoms with E-state index in [9.17, 15) is 4.79 Å². The minimum Gasteiger partial charge on any atom is -0.398 e. The van der Waals surface area contributed by atoms with Crippen LogP contribution in [0.25, 0.3) is 0 Å². The second kappa shape index (κ2) is 3.96. The molecule has 1 fully saturated rings.